The van der Waals surface area contributed by atoms with Gasteiger partial charge in [0, 0.05) is 0 Å². The summed E-state index contributed by atoms with van der Waals surface area (Å²) in [7, 11) is 0. The zero-order valence-corrected chi connectivity index (χ0v) is 5.13. The molecule has 0 aromatic heterocycles. The van der Waals surface area contributed by atoms with Gasteiger partial charge in [-0.3, -0.25) is 0 Å². The van der Waals surface area contributed by atoms with Crippen LogP contribution in [0.3, 0.4) is 0 Å². The second-order valence-electron chi connectivity index (χ2n) is 1.82. The smallest absolute Gasteiger partial charge is 0.189 e. The number of nitrogens with two attached hydrogens (primary N) is 1. The molecule has 1 aromatic rings. The number of anilines is 1. The number of halogens is 1. The van der Waals surface area contributed by atoms with Gasteiger partial charge in [0.1, 0.15) is 5.82 Å². The van der Waals surface area contributed by atoms with Crippen molar-refractivity contribution in [3.63, 3.8) is 0 Å². The predicted molar refractivity (Wildman–Crippen MR) is 37.1 cm³/mol. The van der Waals surface area contributed by atoms with E-state index in [2.05, 4.69) is 4.85 Å². The molecule has 3 heteroatoms. The Bertz CT molecular complexity index is 288. The van der Waals surface area contributed by atoms with Gasteiger partial charge >= 0.3 is 0 Å². The Kier molecular flexibility index (Phi) is 1.55. The third-order valence-corrected chi connectivity index (χ3v) is 1.11. The first-order valence-corrected chi connectivity index (χ1v) is 2.66. The van der Waals surface area contributed by atoms with Crippen LogP contribution in [0.25, 0.3) is 4.85 Å². The first-order chi connectivity index (χ1) is 4.74. The quantitative estimate of drug-likeness (QED) is 0.429. The fourth-order valence-corrected chi connectivity index (χ4v) is 0.601. The van der Waals surface area contributed by atoms with Gasteiger partial charge in [0.2, 0.25) is 0 Å². The third-order valence-electron chi connectivity index (χ3n) is 1.11. The molecule has 0 atom stereocenters. The van der Waals surface area contributed by atoms with E-state index < -0.39 is 5.82 Å². The molecule has 0 heterocycles. The Hall–Kier alpha value is -1.56. The van der Waals surface area contributed by atoms with E-state index in [1.807, 2.05) is 0 Å². The van der Waals surface area contributed by atoms with E-state index in [0.29, 0.717) is 5.69 Å². The number of hydrogen-bond acceptors (Lipinski definition) is 1. The highest BCUT2D eigenvalue weighted by Gasteiger charge is 1.96. The van der Waals surface area contributed by atoms with Gasteiger partial charge in [0.25, 0.3) is 0 Å². The Morgan fingerprint density at radius 2 is 2.20 bits per heavy atom. The number of nitrogen functional groups attached to an aromatic ring is 1. The topological polar surface area (TPSA) is 30.4 Å². The van der Waals surface area contributed by atoms with Gasteiger partial charge in [0.05, 0.1) is 12.3 Å². The lowest BCUT2D eigenvalue weighted by molar-refractivity contribution is 0.633. The molecule has 1 rings (SSSR count). The fourth-order valence-electron chi connectivity index (χ4n) is 0.601. The van der Waals surface area contributed by atoms with Crippen LogP contribution in [0.5, 0.6) is 0 Å². The highest BCUT2D eigenvalue weighted by molar-refractivity contribution is 5.55. The van der Waals surface area contributed by atoms with E-state index in [9.17, 15) is 4.39 Å². The summed E-state index contributed by atoms with van der Waals surface area (Å²) in [6, 6.07) is 3.88. The highest BCUT2D eigenvalue weighted by Crippen LogP contribution is 2.18. The standard InChI is InChI=1S/C7H5FN2/c1-10-5-2-3-6(8)7(9)4-5/h2-4H,9H2. The first kappa shape index (κ1) is 6.56. The molecule has 0 unspecified atom stereocenters. The normalized spacial score (nSPS) is 8.80. The van der Waals surface area contributed by atoms with Crippen molar-refractivity contribution in [1.82, 2.24) is 0 Å². The average Bonchev–Trinajstić information content (AvgIpc) is 1.95. The number of rotatable bonds is 0. The van der Waals surface area contributed by atoms with Crippen molar-refractivity contribution in [3.8, 4) is 0 Å². The molecule has 50 valence electrons. The molecular weight excluding hydrogens is 131 g/mol. The first-order valence-electron chi connectivity index (χ1n) is 2.66. The van der Waals surface area contributed by atoms with E-state index >= 15 is 0 Å². The van der Waals surface area contributed by atoms with Crippen LogP contribution in [-0.2, 0) is 0 Å². The Labute approximate surface area is 57.9 Å². The minimum atomic E-state index is -0.479. The number of hydrogen-bond donors (Lipinski definition) is 1. The fraction of sp³-hybridized carbons (Fsp3) is 0. The molecule has 0 radical (unpaired) electrons. The Balaban J connectivity index is 3.20. The molecule has 0 saturated heterocycles. The van der Waals surface area contributed by atoms with E-state index in [0.717, 1.165) is 0 Å². The summed E-state index contributed by atoms with van der Waals surface area (Å²) in [4.78, 5) is 3.08. The van der Waals surface area contributed by atoms with Gasteiger partial charge in [-0.15, -0.1) is 0 Å². The summed E-state index contributed by atoms with van der Waals surface area (Å²) < 4.78 is 12.4. The van der Waals surface area contributed by atoms with Gasteiger partial charge in [-0.05, 0) is 12.1 Å². The van der Waals surface area contributed by atoms with Crippen molar-refractivity contribution in [2.24, 2.45) is 0 Å². The van der Waals surface area contributed by atoms with Crippen LogP contribution < -0.4 is 5.73 Å². The van der Waals surface area contributed by atoms with Crippen molar-refractivity contribution in [2.45, 2.75) is 0 Å². The van der Waals surface area contributed by atoms with Crippen LogP contribution in [0.4, 0.5) is 15.8 Å². The average molecular weight is 136 g/mol. The third kappa shape index (κ3) is 1.06. The summed E-state index contributed by atoms with van der Waals surface area (Å²) >= 11 is 0. The number of nitrogens with zero attached hydrogens (tertiary/aromatic N) is 1. The van der Waals surface area contributed by atoms with Crippen molar-refractivity contribution in [3.05, 3.63) is 35.4 Å². The second-order valence-corrected chi connectivity index (χ2v) is 1.82. The van der Waals surface area contributed by atoms with Crippen molar-refractivity contribution < 1.29 is 4.39 Å². The second kappa shape index (κ2) is 2.36. The SMILES string of the molecule is [C-]#[N+]c1ccc(F)c(N)c1. The lowest BCUT2D eigenvalue weighted by Crippen LogP contribution is -1.87. The van der Waals surface area contributed by atoms with Crippen LogP contribution in [-0.4, -0.2) is 0 Å². The minimum Gasteiger partial charge on any atom is -0.397 e. The summed E-state index contributed by atoms with van der Waals surface area (Å²) in [6.07, 6.45) is 0. The van der Waals surface area contributed by atoms with Crippen molar-refractivity contribution in [1.29, 1.82) is 0 Å². The van der Waals surface area contributed by atoms with Crippen molar-refractivity contribution in [2.75, 3.05) is 5.73 Å². The maximum atomic E-state index is 12.4. The van der Waals surface area contributed by atoms with Gasteiger partial charge in [-0.25, -0.2) is 9.24 Å². The van der Waals surface area contributed by atoms with Crippen molar-refractivity contribution >= 4 is 11.4 Å². The summed E-state index contributed by atoms with van der Waals surface area (Å²) in [6.45, 7) is 6.56. The molecule has 0 aliphatic carbocycles. The Morgan fingerprint density at radius 3 is 2.70 bits per heavy atom. The molecule has 2 N–H and O–H groups in total. The molecular formula is C7H5FN2. The van der Waals surface area contributed by atoms with E-state index in [1.165, 1.54) is 18.2 Å². The molecule has 0 amide bonds. The monoisotopic (exact) mass is 136 g/mol. The molecule has 0 spiro atoms. The lowest BCUT2D eigenvalue weighted by Gasteiger charge is -1.93. The number of benzene rings is 1. The zero-order chi connectivity index (χ0) is 7.56. The van der Waals surface area contributed by atoms with Crippen LogP contribution in [0, 0.1) is 12.4 Å². The molecule has 0 fully saturated rings. The molecule has 0 bridgehead atoms. The van der Waals surface area contributed by atoms with E-state index in [1.54, 1.807) is 0 Å². The molecule has 0 aliphatic rings. The molecule has 1 aromatic carbocycles. The van der Waals surface area contributed by atoms with E-state index in [4.69, 9.17) is 12.3 Å². The van der Waals surface area contributed by atoms with E-state index in [-0.39, 0.29) is 5.69 Å². The molecule has 2 nitrogen and oxygen atoms in total. The van der Waals surface area contributed by atoms with Gasteiger partial charge in [0.15, 0.2) is 5.69 Å². The summed E-state index contributed by atoms with van der Waals surface area (Å²) in [5.74, 6) is -0.479. The van der Waals surface area contributed by atoms with Crippen LogP contribution in [0.1, 0.15) is 0 Å². The summed E-state index contributed by atoms with van der Waals surface area (Å²) in [5.41, 5.74) is 5.56. The van der Waals surface area contributed by atoms with Crippen LogP contribution >= 0.6 is 0 Å². The molecule has 0 saturated carbocycles. The predicted octanol–water partition coefficient (Wildman–Crippen LogP) is 1.96. The minimum absolute atomic E-state index is 0.0218. The lowest BCUT2D eigenvalue weighted by atomic mass is 10.3. The molecule has 10 heavy (non-hydrogen) atoms. The zero-order valence-electron chi connectivity index (χ0n) is 5.13. The highest BCUT2D eigenvalue weighted by atomic mass is 19.1. The Morgan fingerprint density at radius 1 is 1.50 bits per heavy atom. The summed E-state index contributed by atoms with van der Waals surface area (Å²) in [5, 5.41) is 0. The maximum Gasteiger partial charge on any atom is 0.189 e. The van der Waals surface area contributed by atoms with Gasteiger partial charge in [-0.1, -0.05) is 6.07 Å². The maximum absolute atomic E-state index is 12.4. The van der Waals surface area contributed by atoms with Crippen LogP contribution in [0.15, 0.2) is 18.2 Å². The van der Waals surface area contributed by atoms with Gasteiger partial charge < -0.3 is 5.73 Å². The molecule has 0 aliphatic heterocycles. The van der Waals surface area contributed by atoms with Gasteiger partial charge in [-0.2, -0.15) is 0 Å². The largest absolute Gasteiger partial charge is 0.397 e. The van der Waals surface area contributed by atoms with Crippen LogP contribution in [0.2, 0.25) is 0 Å².